The SMILES string of the molecule is CN1c2ccccc2C(N2CCC(c3nc4ccccc4s3)CC2)=CC1O. The molecule has 2 aromatic carbocycles. The number of likely N-dealkylation sites (tertiary alicyclic amines) is 1. The number of fused-ring (bicyclic) bond motifs is 2. The van der Waals surface area contributed by atoms with Gasteiger partial charge < -0.3 is 14.9 Å². The second-order valence-corrected chi connectivity index (χ2v) is 8.44. The number of aliphatic hydroxyl groups is 1. The summed E-state index contributed by atoms with van der Waals surface area (Å²) in [5.41, 5.74) is 4.59. The minimum atomic E-state index is -0.572. The molecule has 0 spiro atoms. The van der Waals surface area contributed by atoms with Gasteiger partial charge in [-0.3, -0.25) is 0 Å². The molecule has 27 heavy (non-hydrogen) atoms. The highest BCUT2D eigenvalue weighted by atomic mass is 32.1. The second-order valence-electron chi connectivity index (χ2n) is 7.37. The Morgan fingerprint density at radius 2 is 1.78 bits per heavy atom. The van der Waals surface area contributed by atoms with E-state index >= 15 is 0 Å². The monoisotopic (exact) mass is 377 g/mol. The lowest BCUT2D eigenvalue weighted by Gasteiger charge is -2.39. The minimum Gasteiger partial charge on any atom is -0.371 e. The van der Waals surface area contributed by atoms with Crippen molar-refractivity contribution in [1.82, 2.24) is 9.88 Å². The summed E-state index contributed by atoms with van der Waals surface area (Å²) in [5.74, 6) is 0.533. The van der Waals surface area contributed by atoms with Crippen LogP contribution in [0, 0.1) is 0 Å². The Balaban J connectivity index is 1.36. The number of benzene rings is 2. The Hall–Kier alpha value is -2.37. The zero-order valence-corrected chi connectivity index (χ0v) is 16.2. The van der Waals surface area contributed by atoms with Crippen LogP contribution in [0.3, 0.4) is 0 Å². The molecule has 2 aliphatic heterocycles. The van der Waals surface area contributed by atoms with Gasteiger partial charge in [0.05, 0.1) is 15.2 Å². The van der Waals surface area contributed by atoms with E-state index in [1.165, 1.54) is 21.0 Å². The van der Waals surface area contributed by atoms with E-state index in [0.29, 0.717) is 5.92 Å². The summed E-state index contributed by atoms with van der Waals surface area (Å²) in [6.45, 7) is 1.99. The Labute approximate surface area is 163 Å². The maximum atomic E-state index is 10.5. The third-order valence-electron chi connectivity index (χ3n) is 5.76. The summed E-state index contributed by atoms with van der Waals surface area (Å²) >= 11 is 1.84. The molecular weight excluding hydrogens is 354 g/mol. The number of hydrogen-bond donors (Lipinski definition) is 1. The third-order valence-corrected chi connectivity index (χ3v) is 6.96. The van der Waals surface area contributed by atoms with E-state index in [4.69, 9.17) is 4.98 Å². The molecule has 2 aliphatic rings. The van der Waals surface area contributed by atoms with Gasteiger partial charge in [0, 0.05) is 43.0 Å². The molecule has 0 bridgehead atoms. The fourth-order valence-electron chi connectivity index (χ4n) is 4.19. The molecule has 3 aromatic rings. The summed E-state index contributed by atoms with van der Waals surface area (Å²) in [5, 5.41) is 11.7. The van der Waals surface area contributed by atoms with Gasteiger partial charge in [-0.15, -0.1) is 11.3 Å². The van der Waals surface area contributed by atoms with E-state index in [9.17, 15) is 5.11 Å². The van der Waals surface area contributed by atoms with Crippen LogP contribution < -0.4 is 4.90 Å². The predicted octanol–water partition coefficient (Wildman–Crippen LogP) is 4.29. The zero-order chi connectivity index (χ0) is 18.4. The van der Waals surface area contributed by atoms with Crippen LogP contribution in [-0.4, -0.2) is 41.4 Å². The molecule has 0 saturated carbocycles. The van der Waals surface area contributed by atoms with Gasteiger partial charge in [0.15, 0.2) is 0 Å². The number of aliphatic hydroxyl groups excluding tert-OH is 1. The molecule has 4 nitrogen and oxygen atoms in total. The van der Waals surface area contributed by atoms with Gasteiger partial charge in [-0.05, 0) is 37.1 Å². The summed E-state index contributed by atoms with van der Waals surface area (Å²) in [4.78, 5) is 9.22. The van der Waals surface area contributed by atoms with Gasteiger partial charge in [0.2, 0.25) is 0 Å². The van der Waals surface area contributed by atoms with Gasteiger partial charge in [-0.25, -0.2) is 4.98 Å². The van der Waals surface area contributed by atoms with E-state index in [-0.39, 0.29) is 0 Å². The van der Waals surface area contributed by atoms with Crippen molar-refractivity contribution in [3.05, 3.63) is 65.2 Å². The fourth-order valence-corrected chi connectivity index (χ4v) is 5.33. The number of nitrogens with zero attached hydrogens (tertiary/aromatic N) is 3. The molecule has 0 amide bonds. The number of thiazole rings is 1. The van der Waals surface area contributed by atoms with Crippen LogP contribution in [0.1, 0.15) is 29.3 Å². The van der Waals surface area contributed by atoms with E-state index in [0.717, 1.165) is 37.1 Å². The smallest absolute Gasteiger partial charge is 0.148 e. The first-order valence-corrected chi connectivity index (χ1v) is 10.3. The number of likely N-dealkylation sites (N-methyl/N-ethyl adjacent to an activating group) is 1. The summed E-state index contributed by atoms with van der Waals surface area (Å²) < 4.78 is 1.28. The molecule has 0 radical (unpaired) electrons. The van der Waals surface area contributed by atoms with Crippen LogP contribution in [-0.2, 0) is 0 Å². The Bertz CT molecular complexity index is 970. The third kappa shape index (κ3) is 2.91. The van der Waals surface area contributed by atoms with Gasteiger partial charge in [-0.2, -0.15) is 0 Å². The molecule has 5 rings (SSSR count). The van der Waals surface area contributed by atoms with Gasteiger partial charge in [0.25, 0.3) is 0 Å². The molecule has 1 aromatic heterocycles. The summed E-state index contributed by atoms with van der Waals surface area (Å²) in [7, 11) is 1.94. The molecule has 1 atom stereocenters. The standard InChI is InChI=1S/C22H23N3OS/c1-24-18-8-4-2-6-16(18)19(14-21(24)26)25-12-10-15(11-13-25)22-23-17-7-3-5-9-20(17)27-22/h2-9,14-15,21,26H,10-13H2,1H3. The lowest BCUT2D eigenvalue weighted by molar-refractivity contribution is 0.217. The van der Waals surface area contributed by atoms with E-state index in [2.05, 4.69) is 47.4 Å². The quantitative estimate of drug-likeness (QED) is 0.723. The van der Waals surface area contributed by atoms with Crippen molar-refractivity contribution < 1.29 is 5.11 Å². The number of piperidine rings is 1. The van der Waals surface area contributed by atoms with Crippen molar-refractivity contribution in [2.45, 2.75) is 25.0 Å². The normalized spacial score (nSPS) is 20.7. The highest BCUT2D eigenvalue weighted by Gasteiger charge is 2.29. The first kappa shape index (κ1) is 16.8. The predicted molar refractivity (Wildman–Crippen MR) is 112 cm³/mol. The number of aromatic nitrogens is 1. The molecular formula is C22H23N3OS. The van der Waals surface area contributed by atoms with Crippen LogP contribution in [0.4, 0.5) is 5.69 Å². The van der Waals surface area contributed by atoms with Crippen LogP contribution in [0.25, 0.3) is 15.9 Å². The Morgan fingerprint density at radius 1 is 1.04 bits per heavy atom. The minimum absolute atomic E-state index is 0.533. The van der Waals surface area contributed by atoms with Crippen molar-refractivity contribution in [1.29, 1.82) is 0 Å². The summed E-state index contributed by atoms with van der Waals surface area (Å²) in [6, 6.07) is 16.8. The number of para-hydroxylation sites is 2. The molecule has 1 N–H and O–H groups in total. The molecule has 0 aliphatic carbocycles. The fraction of sp³-hybridized carbons (Fsp3) is 0.318. The van der Waals surface area contributed by atoms with Crippen molar-refractivity contribution >= 4 is 32.9 Å². The highest BCUT2D eigenvalue weighted by molar-refractivity contribution is 7.18. The largest absolute Gasteiger partial charge is 0.371 e. The zero-order valence-electron chi connectivity index (χ0n) is 15.4. The van der Waals surface area contributed by atoms with E-state index < -0.39 is 6.23 Å². The molecule has 138 valence electrons. The lowest BCUT2D eigenvalue weighted by Crippen LogP contribution is -2.38. The van der Waals surface area contributed by atoms with E-state index in [1.54, 1.807) is 0 Å². The van der Waals surface area contributed by atoms with Crippen LogP contribution in [0.15, 0.2) is 54.6 Å². The topological polar surface area (TPSA) is 39.6 Å². The Morgan fingerprint density at radius 3 is 2.59 bits per heavy atom. The lowest BCUT2D eigenvalue weighted by atomic mass is 9.95. The van der Waals surface area contributed by atoms with Crippen molar-refractivity contribution in [3.8, 4) is 0 Å². The molecule has 1 unspecified atom stereocenters. The number of anilines is 1. The van der Waals surface area contributed by atoms with E-state index in [1.807, 2.05) is 35.4 Å². The van der Waals surface area contributed by atoms with Crippen molar-refractivity contribution in [2.75, 3.05) is 25.0 Å². The average molecular weight is 378 g/mol. The average Bonchev–Trinajstić information content (AvgIpc) is 3.15. The second kappa shape index (κ2) is 6.66. The number of rotatable bonds is 2. The Kier molecular flexibility index (Phi) is 4.14. The van der Waals surface area contributed by atoms with Crippen molar-refractivity contribution in [3.63, 3.8) is 0 Å². The molecule has 5 heteroatoms. The van der Waals surface area contributed by atoms with Gasteiger partial charge in [0.1, 0.15) is 6.23 Å². The number of hydrogen-bond acceptors (Lipinski definition) is 5. The molecule has 1 saturated heterocycles. The first-order valence-electron chi connectivity index (χ1n) is 9.53. The highest BCUT2D eigenvalue weighted by Crippen LogP contribution is 2.39. The van der Waals surface area contributed by atoms with Crippen LogP contribution in [0.2, 0.25) is 0 Å². The summed E-state index contributed by atoms with van der Waals surface area (Å²) in [6.07, 6.45) is 3.62. The van der Waals surface area contributed by atoms with Gasteiger partial charge >= 0.3 is 0 Å². The maximum Gasteiger partial charge on any atom is 0.148 e. The van der Waals surface area contributed by atoms with Crippen LogP contribution in [0.5, 0.6) is 0 Å². The van der Waals surface area contributed by atoms with Crippen LogP contribution >= 0.6 is 11.3 Å². The first-order chi connectivity index (χ1) is 13.2. The molecule has 3 heterocycles. The van der Waals surface area contributed by atoms with Crippen molar-refractivity contribution in [2.24, 2.45) is 0 Å². The van der Waals surface area contributed by atoms with Gasteiger partial charge in [-0.1, -0.05) is 30.3 Å². The molecule has 1 fully saturated rings. The maximum absolute atomic E-state index is 10.5.